The molecule has 0 spiro atoms. The van der Waals surface area contributed by atoms with Crippen LogP contribution in [-0.2, 0) is 4.79 Å². The van der Waals surface area contributed by atoms with Crippen molar-refractivity contribution in [3.8, 4) is 0 Å². The van der Waals surface area contributed by atoms with Crippen molar-refractivity contribution in [3.05, 3.63) is 0 Å². The van der Waals surface area contributed by atoms with Gasteiger partial charge in [0.2, 0.25) is 5.91 Å². The highest BCUT2D eigenvalue weighted by Crippen LogP contribution is 1.99. The lowest BCUT2D eigenvalue weighted by Gasteiger charge is -2.17. The first-order valence-corrected chi connectivity index (χ1v) is 8.11. The molecule has 4 heteroatoms. The number of nitrogens with zero attached hydrogens (tertiary/aromatic N) is 1. The molecule has 0 aliphatic heterocycles. The fourth-order valence-electron chi connectivity index (χ4n) is 1.69. The van der Waals surface area contributed by atoms with Gasteiger partial charge in [0.25, 0.3) is 0 Å². The van der Waals surface area contributed by atoms with E-state index in [2.05, 4.69) is 30.3 Å². The van der Waals surface area contributed by atoms with Crippen LogP contribution in [0.2, 0.25) is 0 Å². The lowest BCUT2D eigenvalue weighted by molar-refractivity contribution is -0.121. The second-order valence-corrected chi connectivity index (χ2v) is 5.17. The Balaban J connectivity index is 3.29. The highest BCUT2D eigenvalue weighted by atomic mass is 32.2. The molecule has 0 aliphatic carbocycles. The van der Waals surface area contributed by atoms with Gasteiger partial charge in [-0.3, -0.25) is 4.79 Å². The van der Waals surface area contributed by atoms with E-state index in [1.165, 1.54) is 6.42 Å². The highest BCUT2D eigenvalue weighted by Gasteiger charge is 2.01. The van der Waals surface area contributed by atoms with E-state index in [9.17, 15) is 4.79 Å². The molecular weight excluding hydrogens is 232 g/mol. The minimum absolute atomic E-state index is 0.210. The molecule has 0 bridgehead atoms. The minimum Gasteiger partial charge on any atom is -0.356 e. The number of rotatable bonds is 11. The van der Waals surface area contributed by atoms with Gasteiger partial charge in [0.1, 0.15) is 0 Å². The Morgan fingerprint density at radius 3 is 2.47 bits per heavy atom. The lowest BCUT2D eigenvalue weighted by Crippen LogP contribution is -2.27. The van der Waals surface area contributed by atoms with Crippen molar-refractivity contribution < 1.29 is 4.79 Å². The van der Waals surface area contributed by atoms with E-state index in [1.54, 1.807) is 11.8 Å². The summed E-state index contributed by atoms with van der Waals surface area (Å²) >= 11 is 1.80. The topological polar surface area (TPSA) is 32.3 Å². The number of unbranched alkanes of at least 4 members (excludes halogenated alkanes) is 1. The molecular formula is C13H28N2OS. The predicted octanol–water partition coefficient (Wildman–Crippen LogP) is 2.37. The Morgan fingerprint density at radius 1 is 1.18 bits per heavy atom. The van der Waals surface area contributed by atoms with Gasteiger partial charge < -0.3 is 10.2 Å². The third-order valence-electron chi connectivity index (χ3n) is 2.87. The number of hydrogen-bond acceptors (Lipinski definition) is 3. The third kappa shape index (κ3) is 10.6. The fourth-order valence-corrected chi connectivity index (χ4v) is 2.13. The van der Waals surface area contributed by atoms with Gasteiger partial charge in [0, 0.05) is 13.0 Å². The Morgan fingerprint density at radius 2 is 1.88 bits per heavy atom. The molecule has 17 heavy (non-hydrogen) atoms. The summed E-state index contributed by atoms with van der Waals surface area (Å²) in [5.74, 6) is 1.29. The second-order valence-electron chi connectivity index (χ2n) is 4.18. The molecule has 1 amide bonds. The molecule has 0 saturated carbocycles. The number of thioether (sulfide) groups is 1. The maximum absolute atomic E-state index is 11.4. The van der Waals surface area contributed by atoms with Crippen molar-refractivity contribution >= 4 is 17.7 Å². The van der Waals surface area contributed by atoms with Crippen LogP contribution in [0.15, 0.2) is 0 Å². The number of nitrogens with one attached hydrogen (secondary N) is 1. The normalized spacial score (nSPS) is 10.8. The Kier molecular flexibility index (Phi) is 12.1. The van der Waals surface area contributed by atoms with Gasteiger partial charge in [-0.25, -0.2) is 0 Å². The Hall–Kier alpha value is -0.220. The Labute approximate surface area is 111 Å². The summed E-state index contributed by atoms with van der Waals surface area (Å²) in [5, 5.41) is 2.98. The third-order valence-corrected chi connectivity index (χ3v) is 3.57. The molecule has 102 valence electrons. The summed E-state index contributed by atoms with van der Waals surface area (Å²) < 4.78 is 0. The van der Waals surface area contributed by atoms with Gasteiger partial charge in [-0.15, -0.1) is 0 Å². The molecule has 0 heterocycles. The van der Waals surface area contributed by atoms with Crippen molar-refractivity contribution in [2.45, 2.75) is 39.5 Å². The number of hydrogen-bond donors (Lipinski definition) is 1. The van der Waals surface area contributed by atoms with Gasteiger partial charge in [-0.2, -0.15) is 11.8 Å². The first kappa shape index (κ1) is 16.8. The Bertz CT molecular complexity index is 184. The molecule has 0 aliphatic rings. The largest absolute Gasteiger partial charge is 0.356 e. The smallest absolute Gasteiger partial charge is 0.220 e. The van der Waals surface area contributed by atoms with Gasteiger partial charge in [0.05, 0.1) is 0 Å². The van der Waals surface area contributed by atoms with Crippen LogP contribution in [-0.4, -0.2) is 49.0 Å². The van der Waals surface area contributed by atoms with Crippen LogP contribution < -0.4 is 5.32 Å². The van der Waals surface area contributed by atoms with Gasteiger partial charge in [-0.1, -0.05) is 13.8 Å². The maximum Gasteiger partial charge on any atom is 0.220 e. The molecule has 0 saturated heterocycles. The van der Waals surface area contributed by atoms with Crippen LogP contribution in [0.1, 0.15) is 39.5 Å². The summed E-state index contributed by atoms with van der Waals surface area (Å²) in [7, 11) is 0. The molecule has 0 radical (unpaired) electrons. The first-order valence-electron chi connectivity index (χ1n) is 6.72. The van der Waals surface area contributed by atoms with E-state index in [0.29, 0.717) is 6.42 Å². The monoisotopic (exact) mass is 260 g/mol. The molecule has 0 unspecified atom stereocenters. The van der Waals surface area contributed by atoms with Crippen LogP contribution in [0.25, 0.3) is 0 Å². The molecule has 0 rings (SSSR count). The van der Waals surface area contributed by atoms with E-state index in [-0.39, 0.29) is 5.91 Å². The molecule has 0 aromatic rings. The maximum atomic E-state index is 11.4. The minimum atomic E-state index is 0.210. The van der Waals surface area contributed by atoms with E-state index in [0.717, 1.165) is 44.8 Å². The highest BCUT2D eigenvalue weighted by molar-refractivity contribution is 7.98. The van der Waals surface area contributed by atoms with Crippen LogP contribution in [0.4, 0.5) is 0 Å². The van der Waals surface area contributed by atoms with Crippen LogP contribution >= 0.6 is 11.8 Å². The zero-order valence-electron chi connectivity index (χ0n) is 11.6. The van der Waals surface area contributed by atoms with E-state index >= 15 is 0 Å². The summed E-state index contributed by atoms with van der Waals surface area (Å²) in [6.07, 6.45) is 6.01. The van der Waals surface area contributed by atoms with Gasteiger partial charge in [0.15, 0.2) is 0 Å². The average Bonchev–Trinajstić information content (AvgIpc) is 2.34. The van der Waals surface area contributed by atoms with E-state index in [1.807, 2.05) is 0 Å². The molecule has 0 atom stereocenters. The summed E-state index contributed by atoms with van der Waals surface area (Å²) in [6.45, 7) is 8.61. The van der Waals surface area contributed by atoms with Gasteiger partial charge >= 0.3 is 0 Å². The standard InChI is InChI=1S/C13H28N2OS/c1-4-15(5-2)11-7-6-10-14-13(16)9-8-12-17-3/h4-12H2,1-3H3,(H,14,16). The summed E-state index contributed by atoms with van der Waals surface area (Å²) in [5.41, 5.74) is 0. The van der Waals surface area contributed by atoms with Crippen LogP contribution in [0.5, 0.6) is 0 Å². The van der Waals surface area contributed by atoms with Gasteiger partial charge in [-0.05, 0) is 50.9 Å². The van der Waals surface area contributed by atoms with E-state index < -0.39 is 0 Å². The number of amides is 1. The zero-order valence-corrected chi connectivity index (χ0v) is 12.4. The number of carbonyl (C=O) groups excluding carboxylic acids is 1. The predicted molar refractivity (Wildman–Crippen MR) is 77.6 cm³/mol. The van der Waals surface area contributed by atoms with E-state index in [4.69, 9.17) is 0 Å². The number of carbonyl (C=O) groups is 1. The average molecular weight is 260 g/mol. The zero-order chi connectivity index (χ0) is 12.9. The van der Waals surface area contributed by atoms with Crippen molar-refractivity contribution in [2.24, 2.45) is 0 Å². The fraction of sp³-hybridized carbons (Fsp3) is 0.923. The quantitative estimate of drug-likeness (QED) is 0.579. The van der Waals surface area contributed by atoms with Crippen molar-refractivity contribution in [2.75, 3.05) is 38.2 Å². The molecule has 0 aromatic carbocycles. The van der Waals surface area contributed by atoms with Crippen molar-refractivity contribution in [1.82, 2.24) is 10.2 Å². The lowest BCUT2D eigenvalue weighted by atomic mass is 10.2. The molecule has 3 nitrogen and oxygen atoms in total. The molecule has 0 aromatic heterocycles. The second kappa shape index (κ2) is 12.2. The first-order chi connectivity index (χ1) is 8.24. The van der Waals surface area contributed by atoms with Crippen molar-refractivity contribution in [1.29, 1.82) is 0 Å². The summed E-state index contributed by atoms with van der Waals surface area (Å²) in [4.78, 5) is 13.8. The molecule has 0 fully saturated rings. The van der Waals surface area contributed by atoms with Crippen LogP contribution in [0, 0.1) is 0 Å². The van der Waals surface area contributed by atoms with Crippen LogP contribution in [0.3, 0.4) is 0 Å². The summed E-state index contributed by atoms with van der Waals surface area (Å²) in [6, 6.07) is 0. The SMILES string of the molecule is CCN(CC)CCCCNC(=O)CCCSC. The van der Waals surface area contributed by atoms with Crippen molar-refractivity contribution in [3.63, 3.8) is 0 Å². The molecule has 1 N–H and O–H groups in total.